The highest BCUT2D eigenvalue weighted by atomic mass is 31.1. The lowest BCUT2D eigenvalue weighted by molar-refractivity contribution is 0.218. The van der Waals surface area contributed by atoms with Crippen LogP contribution in [-0.4, -0.2) is 13.2 Å². The molecule has 0 heterocycles. The van der Waals surface area contributed by atoms with Gasteiger partial charge in [-0.05, 0) is 24.7 Å². The molecule has 3 nitrogen and oxygen atoms in total. The summed E-state index contributed by atoms with van der Waals surface area (Å²) >= 11 is 0. The number of rotatable bonds is 36. The van der Waals surface area contributed by atoms with Crippen LogP contribution in [0.1, 0.15) is 220 Å². The van der Waals surface area contributed by atoms with Crippen molar-refractivity contribution < 1.29 is 13.6 Å². The summed E-state index contributed by atoms with van der Waals surface area (Å²) in [5.74, 6) is 1.74. The van der Waals surface area contributed by atoms with Gasteiger partial charge in [0.2, 0.25) is 0 Å². The molecule has 0 amide bonds. The minimum Gasteiger partial charge on any atom is -0.119 e. The summed E-state index contributed by atoms with van der Waals surface area (Å²) in [6.07, 6.45) is 40.8. The molecular weight excluding hydrogens is 535 g/mol. The third-order valence-corrected chi connectivity index (χ3v) is 9.53. The lowest BCUT2D eigenvalue weighted by atomic mass is 10.0. The first-order valence-corrected chi connectivity index (χ1v) is 20.3. The van der Waals surface area contributed by atoms with E-state index in [1.165, 1.54) is 180 Å². The van der Waals surface area contributed by atoms with Gasteiger partial charge in [0.15, 0.2) is 0 Å². The van der Waals surface area contributed by atoms with Crippen LogP contribution in [0.25, 0.3) is 0 Å². The summed E-state index contributed by atoms with van der Waals surface area (Å²) in [7, 11) is -1.92. The molecule has 0 atom stereocenters. The molecule has 0 saturated carbocycles. The van der Waals surface area contributed by atoms with Crippen molar-refractivity contribution in [3.63, 3.8) is 0 Å². The summed E-state index contributed by atoms with van der Waals surface area (Å²) in [4.78, 5) is 0. The maximum Gasteiger partial charge on any atom is 0.697 e. The van der Waals surface area contributed by atoms with E-state index in [-0.39, 0.29) is 0 Å². The molecule has 0 N–H and O–H groups in total. The first kappa shape index (κ1) is 42.0. The molecule has 0 spiro atoms. The zero-order chi connectivity index (χ0) is 30.8. The molecule has 0 aromatic heterocycles. The second kappa shape index (κ2) is 35.5. The Balaban J connectivity index is 3.16. The Labute approximate surface area is 266 Å². The number of hydrogen-bond donors (Lipinski definition) is 0. The van der Waals surface area contributed by atoms with Gasteiger partial charge >= 0.3 is 8.25 Å². The molecule has 0 aliphatic rings. The van der Waals surface area contributed by atoms with Crippen LogP contribution in [0.4, 0.5) is 0 Å². The van der Waals surface area contributed by atoms with E-state index in [1.807, 2.05) is 0 Å². The second-order valence-corrected chi connectivity index (χ2v) is 15.1. The fraction of sp³-hybridized carbons (Fsp3) is 1.00. The van der Waals surface area contributed by atoms with Gasteiger partial charge in [-0.2, -0.15) is 0 Å². The largest absolute Gasteiger partial charge is 0.697 e. The normalized spacial score (nSPS) is 11.8. The molecular formula is C38H78O3P+. The van der Waals surface area contributed by atoms with Crippen molar-refractivity contribution in [1.29, 1.82) is 0 Å². The van der Waals surface area contributed by atoms with Crippen LogP contribution in [0, 0.1) is 11.8 Å². The molecule has 4 heteroatoms. The van der Waals surface area contributed by atoms with Gasteiger partial charge in [-0.15, -0.1) is 9.05 Å². The number of hydrogen-bond acceptors (Lipinski definition) is 3. The third kappa shape index (κ3) is 38.0. The summed E-state index contributed by atoms with van der Waals surface area (Å²) in [5.41, 5.74) is 0. The van der Waals surface area contributed by atoms with Crippen molar-refractivity contribution >= 4 is 8.25 Å². The van der Waals surface area contributed by atoms with E-state index in [0.29, 0.717) is 13.2 Å². The van der Waals surface area contributed by atoms with Crippen LogP contribution < -0.4 is 0 Å². The lowest BCUT2D eigenvalue weighted by Gasteiger charge is -2.05. The average molecular weight is 614 g/mol. The van der Waals surface area contributed by atoms with Gasteiger partial charge < -0.3 is 0 Å². The summed E-state index contributed by atoms with van der Waals surface area (Å²) < 4.78 is 22.7. The molecule has 0 rings (SSSR count). The van der Waals surface area contributed by atoms with Crippen LogP contribution in [0.15, 0.2) is 0 Å². The fourth-order valence-electron chi connectivity index (χ4n) is 5.87. The minimum atomic E-state index is -1.92. The maximum atomic E-state index is 11.9. The Bertz CT molecular complexity index is 478. The average Bonchev–Trinajstić information content (AvgIpc) is 2.96. The Hall–Kier alpha value is 0.0200. The van der Waals surface area contributed by atoms with E-state index in [0.717, 1.165) is 24.7 Å². The number of unbranched alkanes of at least 4 members (excludes halogenated alkanes) is 26. The molecule has 252 valence electrons. The van der Waals surface area contributed by atoms with E-state index in [2.05, 4.69) is 27.7 Å². The Morgan fingerprint density at radius 1 is 0.333 bits per heavy atom. The highest BCUT2D eigenvalue weighted by molar-refractivity contribution is 7.33. The van der Waals surface area contributed by atoms with Gasteiger partial charge in [0.05, 0.1) is 0 Å². The molecule has 0 aliphatic carbocycles. The van der Waals surface area contributed by atoms with Crippen LogP contribution >= 0.6 is 8.25 Å². The fourth-order valence-corrected chi connectivity index (χ4v) is 6.50. The first-order valence-electron chi connectivity index (χ1n) is 19.3. The maximum absolute atomic E-state index is 11.9. The van der Waals surface area contributed by atoms with Gasteiger partial charge in [0.1, 0.15) is 13.2 Å². The van der Waals surface area contributed by atoms with Crippen molar-refractivity contribution in [3.05, 3.63) is 0 Å². The third-order valence-electron chi connectivity index (χ3n) is 8.75. The van der Waals surface area contributed by atoms with Crippen molar-refractivity contribution in [2.45, 2.75) is 220 Å². The monoisotopic (exact) mass is 614 g/mol. The summed E-state index contributed by atoms with van der Waals surface area (Å²) in [5, 5.41) is 0. The Kier molecular flexibility index (Phi) is 35.5. The molecule has 0 bridgehead atoms. The quantitative estimate of drug-likeness (QED) is 0.0521. The predicted octanol–water partition coefficient (Wildman–Crippen LogP) is 14.7. The smallest absolute Gasteiger partial charge is 0.119 e. The molecule has 0 fully saturated rings. The van der Waals surface area contributed by atoms with Crippen LogP contribution in [0.3, 0.4) is 0 Å². The first-order chi connectivity index (χ1) is 20.5. The van der Waals surface area contributed by atoms with Gasteiger partial charge in [-0.3, -0.25) is 0 Å². The minimum absolute atomic E-state index is 0.574. The summed E-state index contributed by atoms with van der Waals surface area (Å²) in [6, 6.07) is 0. The van der Waals surface area contributed by atoms with Crippen molar-refractivity contribution in [3.8, 4) is 0 Å². The summed E-state index contributed by atoms with van der Waals surface area (Å²) in [6.45, 7) is 10.5. The standard InChI is InChI=1S/C38H78O3P/c1-37(2)33-29-25-21-17-13-9-5-7-11-15-19-23-27-31-35-40-42(39)41-36-32-28-24-20-16-12-8-6-10-14-18-22-26-30-34-38(3)4/h37-38H,5-36H2,1-4H3/q+1. The zero-order valence-electron chi connectivity index (χ0n) is 29.5. The van der Waals surface area contributed by atoms with E-state index >= 15 is 0 Å². The van der Waals surface area contributed by atoms with Gasteiger partial charge in [-0.1, -0.05) is 207 Å². The molecule has 0 aromatic rings. The Morgan fingerprint density at radius 3 is 0.738 bits per heavy atom. The molecule has 0 radical (unpaired) electrons. The van der Waals surface area contributed by atoms with Gasteiger partial charge in [-0.25, -0.2) is 0 Å². The molecule has 0 aromatic carbocycles. The Morgan fingerprint density at radius 2 is 0.524 bits per heavy atom. The zero-order valence-corrected chi connectivity index (χ0v) is 30.3. The van der Waals surface area contributed by atoms with Crippen LogP contribution in [0.5, 0.6) is 0 Å². The van der Waals surface area contributed by atoms with Crippen molar-refractivity contribution in [2.75, 3.05) is 13.2 Å². The molecule has 0 aliphatic heterocycles. The molecule has 42 heavy (non-hydrogen) atoms. The van der Waals surface area contributed by atoms with Crippen molar-refractivity contribution in [1.82, 2.24) is 0 Å². The SMILES string of the molecule is CC(C)CCCCCCCCCCCCCCCCO[P+](=O)OCCCCCCCCCCCCCCCCC(C)C. The highest BCUT2D eigenvalue weighted by Gasteiger charge is 2.18. The van der Waals surface area contributed by atoms with Crippen LogP contribution in [-0.2, 0) is 13.6 Å². The van der Waals surface area contributed by atoms with E-state index in [1.54, 1.807) is 0 Å². The van der Waals surface area contributed by atoms with Gasteiger partial charge in [0.25, 0.3) is 0 Å². The van der Waals surface area contributed by atoms with Gasteiger partial charge in [0, 0.05) is 4.57 Å². The topological polar surface area (TPSA) is 35.5 Å². The van der Waals surface area contributed by atoms with E-state index < -0.39 is 8.25 Å². The molecule has 0 saturated heterocycles. The molecule has 0 unspecified atom stereocenters. The van der Waals surface area contributed by atoms with E-state index in [9.17, 15) is 4.57 Å². The van der Waals surface area contributed by atoms with E-state index in [4.69, 9.17) is 9.05 Å². The van der Waals surface area contributed by atoms with Crippen LogP contribution in [0.2, 0.25) is 0 Å². The lowest BCUT2D eigenvalue weighted by Crippen LogP contribution is -1.92. The van der Waals surface area contributed by atoms with Crippen molar-refractivity contribution in [2.24, 2.45) is 11.8 Å². The highest BCUT2D eigenvalue weighted by Crippen LogP contribution is 2.25. The predicted molar refractivity (Wildman–Crippen MR) is 188 cm³/mol. The second-order valence-electron chi connectivity index (χ2n) is 14.2.